The minimum Gasteiger partial charge on any atom is -0.312 e. The molecule has 0 aliphatic heterocycles. The zero-order chi connectivity index (χ0) is 9.40. The van der Waals surface area contributed by atoms with Crippen molar-refractivity contribution in [3.05, 3.63) is 0 Å². The summed E-state index contributed by atoms with van der Waals surface area (Å²) in [5.41, 5.74) is 2.66. The normalized spacial score (nSPS) is 14.5. The first-order valence-corrected chi connectivity index (χ1v) is 4.73. The van der Waals surface area contributed by atoms with Crippen LogP contribution in [0, 0.1) is 5.92 Å². The molecule has 72 valence electrons. The van der Waals surface area contributed by atoms with Gasteiger partial charge in [-0.25, -0.2) is 5.84 Å². The fourth-order valence-electron chi connectivity index (χ4n) is 1.35. The smallest absolute Gasteiger partial charge is 0.113 e. The third-order valence-electron chi connectivity index (χ3n) is 2.17. The van der Waals surface area contributed by atoms with Crippen LogP contribution in [-0.4, -0.2) is 12.9 Å². The quantitative estimate of drug-likeness (QED) is 0.286. The topological polar surface area (TPSA) is 50.4 Å². The Hall–Kier alpha value is -0.570. The number of amidine groups is 1. The van der Waals surface area contributed by atoms with Gasteiger partial charge in [0.05, 0.1) is 0 Å². The van der Waals surface area contributed by atoms with Gasteiger partial charge in [-0.15, -0.1) is 0 Å². The van der Waals surface area contributed by atoms with E-state index in [0.29, 0.717) is 5.92 Å². The van der Waals surface area contributed by atoms with Crippen LogP contribution in [0.15, 0.2) is 4.99 Å². The van der Waals surface area contributed by atoms with Crippen molar-refractivity contribution in [1.29, 1.82) is 0 Å². The van der Waals surface area contributed by atoms with Crippen molar-refractivity contribution in [2.45, 2.75) is 39.5 Å². The van der Waals surface area contributed by atoms with Gasteiger partial charge in [0.1, 0.15) is 5.84 Å². The molecule has 3 N–H and O–H groups in total. The molecule has 0 saturated heterocycles. The Morgan fingerprint density at radius 2 is 2.17 bits per heavy atom. The second-order valence-electron chi connectivity index (χ2n) is 3.00. The highest BCUT2D eigenvalue weighted by Gasteiger charge is 2.10. The van der Waals surface area contributed by atoms with E-state index in [4.69, 9.17) is 5.84 Å². The van der Waals surface area contributed by atoms with Gasteiger partial charge in [-0.2, -0.15) is 0 Å². The molecule has 0 amide bonds. The van der Waals surface area contributed by atoms with Crippen LogP contribution in [0.3, 0.4) is 0 Å². The Balaban J connectivity index is 3.94. The molecule has 0 aliphatic carbocycles. The summed E-state index contributed by atoms with van der Waals surface area (Å²) >= 11 is 0. The molecule has 0 aromatic heterocycles. The van der Waals surface area contributed by atoms with E-state index in [1.807, 2.05) is 0 Å². The number of unbranched alkanes of at least 4 members (excludes halogenated alkanes) is 1. The summed E-state index contributed by atoms with van der Waals surface area (Å²) in [5.74, 6) is 6.80. The van der Waals surface area contributed by atoms with E-state index in [9.17, 15) is 0 Å². The Kier molecular flexibility index (Phi) is 6.76. The monoisotopic (exact) mass is 171 g/mol. The predicted octanol–water partition coefficient (Wildman–Crippen LogP) is 1.69. The molecule has 0 saturated carbocycles. The molecule has 1 unspecified atom stereocenters. The lowest BCUT2D eigenvalue weighted by Crippen LogP contribution is -2.36. The molecule has 0 aromatic rings. The van der Waals surface area contributed by atoms with Gasteiger partial charge in [0.2, 0.25) is 0 Å². The van der Waals surface area contributed by atoms with Crippen LogP contribution in [0.1, 0.15) is 39.5 Å². The summed E-state index contributed by atoms with van der Waals surface area (Å²) in [5, 5.41) is 0. The van der Waals surface area contributed by atoms with Gasteiger partial charge in [0.25, 0.3) is 0 Å². The molecule has 0 radical (unpaired) electrons. The van der Waals surface area contributed by atoms with E-state index in [0.717, 1.165) is 12.3 Å². The Bertz CT molecular complexity index is 132. The van der Waals surface area contributed by atoms with Crippen LogP contribution in [0.5, 0.6) is 0 Å². The zero-order valence-electron chi connectivity index (χ0n) is 8.43. The number of nitrogens with one attached hydrogen (secondary N) is 1. The summed E-state index contributed by atoms with van der Waals surface area (Å²) in [6, 6.07) is 0. The molecule has 3 heteroatoms. The highest BCUT2D eigenvalue weighted by atomic mass is 15.2. The number of aliphatic imine (C=N–C) groups is 1. The minimum atomic E-state index is 0.514. The maximum Gasteiger partial charge on any atom is 0.113 e. The summed E-state index contributed by atoms with van der Waals surface area (Å²) < 4.78 is 0. The molecular weight excluding hydrogens is 150 g/mol. The van der Waals surface area contributed by atoms with Crippen LogP contribution in [0.2, 0.25) is 0 Å². The van der Waals surface area contributed by atoms with Gasteiger partial charge in [0, 0.05) is 13.0 Å². The maximum atomic E-state index is 5.35. The van der Waals surface area contributed by atoms with Gasteiger partial charge in [-0.05, 0) is 12.8 Å². The number of hydrazine groups is 1. The number of nitrogens with zero attached hydrogens (tertiary/aromatic N) is 1. The summed E-state index contributed by atoms with van der Waals surface area (Å²) in [7, 11) is 1.78. The van der Waals surface area contributed by atoms with Crippen LogP contribution in [0.4, 0.5) is 0 Å². The largest absolute Gasteiger partial charge is 0.312 e. The van der Waals surface area contributed by atoms with Crippen LogP contribution in [0.25, 0.3) is 0 Å². The van der Waals surface area contributed by atoms with Gasteiger partial charge >= 0.3 is 0 Å². The van der Waals surface area contributed by atoms with Gasteiger partial charge < -0.3 is 5.43 Å². The molecule has 0 bridgehead atoms. The second-order valence-corrected chi connectivity index (χ2v) is 3.00. The molecule has 12 heavy (non-hydrogen) atoms. The van der Waals surface area contributed by atoms with E-state index in [2.05, 4.69) is 24.3 Å². The standard InChI is InChI=1S/C9H21N3/c1-4-6-7-8(5-2)9(11-3)12-10/h8H,4-7,10H2,1-3H3,(H,11,12). The lowest BCUT2D eigenvalue weighted by Gasteiger charge is -2.15. The highest BCUT2D eigenvalue weighted by molar-refractivity contribution is 5.83. The summed E-state index contributed by atoms with van der Waals surface area (Å²) in [6.07, 6.45) is 4.78. The van der Waals surface area contributed by atoms with Crippen LogP contribution in [-0.2, 0) is 0 Å². The molecule has 0 heterocycles. The third-order valence-corrected chi connectivity index (χ3v) is 2.17. The van der Waals surface area contributed by atoms with E-state index < -0.39 is 0 Å². The first-order valence-electron chi connectivity index (χ1n) is 4.73. The van der Waals surface area contributed by atoms with E-state index in [1.54, 1.807) is 7.05 Å². The average molecular weight is 171 g/mol. The maximum absolute atomic E-state index is 5.35. The second kappa shape index (κ2) is 7.10. The Morgan fingerprint density at radius 1 is 1.50 bits per heavy atom. The number of hydrogen-bond donors (Lipinski definition) is 2. The fourth-order valence-corrected chi connectivity index (χ4v) is 1.35. The molecule has 0 spiro atoms. The predicted molar refractivity (Wildman–Crippen MR) is 54.0 cm³/mol. The van der Waals surface area contributed by atoms with E-state index in [1.165, 1.54) is 19.3 Å². The molecule has 0 fully saturated rings. The molecule has 1 atom stereocenters. The first kappa shape index (κ1) is 11.4. The lowest BCUT2D eigenvalue weighted by molar-refractivity contribution is 0.553. The van der Waals surface area contributed by atoms with Crippen molar-refractivity contribution in [3.8, 4) is 0 Å². The zero-order valence-corrected chi connectivity index (χ0v) is 8.43. The molecule has 0 rings (SSSR count). The van der Waals surface area contributed by atoms with Crippen molar-refractivity contribution in [2.24, 2.45) is 16.8 Å². The molecule has 3 nitrogen and oxygen atoms in total. The Morgan fingerprint density at radius 3 is 2.50 bits per heavy atom. The van der Waals surface area contributed by atoms with E-state index in [-0.39, 0.29) is 0 Å². The fraction of sp³-hybridized carbons (Fsp3) is 0.889. The number of rotatable bonds is 5. The lowest BCUT2D eigenvalue weighted by atomic mass is 9.98. The Labute approximate surface area is 75.4 Å². The summed E-state index contributed by atoms with van der Waals surface area (Å²) in [6.45, 7) is 4.37. The van der Waals surface area contributed by atoms with Crippen molar-refractivity contribution in [2.75, 3.05) is 7.05 Å². The van der Waals surface area contributed by atoms with Crippen molar-refractivity contribution >= 4 is 5.84 Å². The summed E-state index contributed by atoms with van der Waals surface area (Å²) in [4.78, 5) is 4.11. The molecule has 0 aliphatic rings. The molecular formula is C9H21N3. The van der Waals surface area contributed by atoms with E-state index >= 15 is 0 Å². The minimum absolute atomic E-state index is 0.514. The highest BCUT2D eigenvalue weighted by Crippen LogP contribution is 2.12. The van der Waals surface area contributed by atoms with Crippen molar-refractivity contribution < 1.29 is 0 Å². The number of nitrogens with two attached hydrogens (primary N) is 1. The SMILES string of the molecule is CCCCC(CC)C(=NC)NN. The average Bonchev–Trinajstić information content (AvgIpc) is 2.12. The number of hydrogen-bond acceptors (Lipinski definition) is 2. The molecule has 0 aromatic carbocycles. The van der Waals surface area contributed by atoms with Gasteiger partial charge in [-0.3, -0.25) is 4.99 Å². The van der Waals surface area contributed by atoms with Crippen molar-refractivity contribution in [1.82, 2.24) is 5.43 Å². The van der Waals surface area contributed by atoms with Gasteiger partial charge in [0.15, 0.2) is 0 Å². The van der Waals surface area contributed by atoms with Crippen LogP contribution < -0.4 is 11.3 Å². The first-order chi connectivity index (χ1) is 5.79. The van der Waals surface area contributed by atoms with Gasteiger partial charge in [-0.1, -0.05) is 26.7 Å². The third kappa shape index (κ3) is 3.72. The van der Waals surface area contributed by atoms with Crippen LogP contribution >= 0.6 is 0 Å². The van der Waals surface area contributed by atoms with Crippen molar-refractivity contribution in [3.63, 3.8) is 0 Å².